The molecule has 16 nitrogen and oxygen atoms in total. The van der Waals surface area contributed by atoms with Gasteiger partial charge in [0, 0.05) is 21.2 Å². The number of halogens is 2. The van der Waals surface area contributed by atoms with Crippen LogP contribution in [0, 0.1) is 22.7 Å². The zero-order chi connectivity index (χ0) is 42.3. The Hall–Kier alpha value is -7.14. The van der Waals surface area contributed by atoms with Crippen molar-refractivity contribution in [3.05, 3.63) is 104 Å². The number of hydrogen-bond donors (Lipinski definition) is 2. The smallest absolute Gasteiger partial charge is 0.359 e. The van der Waals surface area contributed by atoms with Gasteiger partial charge in [-0.25, -0.2) is 28.2 Å². The summed E-state index contributed by atoms with van der Waals surface area (Å²) in [5, 5.41) is 28.6. The maximum Gasteiger partial charge on any atom is 0.359 e. The van der Waals surface area contributed by atoms with Crippen LogP contribution in [0.1, 0.15) is 80.5 Å². The van der Waals surface area contributed by atoms with E-state index >= 15 is 0 Å². The van der Waals surface area contributed by atoms with Gasteiger partial charge in [0.1, 0.15) is 46.0 Å². The van der Waals surface area contributed by atoms with Gasteiger partial charge in [-0.1, -0.05) is 47.5 Å². The number of aromatic nitrogens is 4. The molecule has 0 spiro atoms. The molecular weight excluding hydrogens is 791 g/mol. The van der Waals surface area contributed by atoms with E-state index in [9.17, 15) is 29.7 Å². The lowest BCUT2D eigenvalue weighted by Crippen LogP contribution is -2.13. The molecule has 4 N–H and O–H groups in total. The number of nitriles is 2. The maximum absolute atomic E-state index is 12.6. The van der Waals surface area contributed by atoms with E-state index in [-0.39, 0.29) is 82.7 Å². The molecule has 0 radical (unpaired) electrons. The van der Waals surface area contributed by atoms with Gasteiger partial charge >= 0.3 is 23.9 Å². The Bertz CT molecular complexity index is 2480. The predicted molar refractivity (Wildman–Crippen MR) is 213 cm³/mol. The van der Waals surface area contributed by atoms with Crippen molar-refractivity contribution in [3.63, 3.8) is 0 Å². The molecule has 0 unspecified atom stereocenters. The minimum Gasteiger partial charge on any atom is -0.462 e. The number of benzene rings is 2. The molecule has 0 amide bonds. The van der Waals surface area contributed by atoms with Crippen molar-refractivity contribution in [2.45, 2.75) is 27.7 Å². The lowest BCUT2D eigenvalue weighted by Gasteiger charge is -2.10. The number of nitrogen functional groups attached to an aromatic ring is 2. The van der Waals surface area contributed by atoms with Crippen molar-refractivity contribution < 1.29 is 38.1 Å². The lowest BCUT2D eigenvalue weighted by atomic mass is 10.00. The van der Waals surface area contributed by atoms with Crippen molar-refractivity contribution in [1.82, 2.24) is 19.2 Å². The van der Waals surface area contributed by atoms with Crippen LogP contribution in [0.2, 0.25) is 10.0 Å². The van der Waals surface area contributed by atoms with Crippen molar-refractivity contribution in [2.24, 2.45) is 0 Å². The van der Waals surface area contributed by atoms with Crippen LogP contribution in [-0.4, -0.2) is 69.5 Å². The van der Waals surface area contributed by atoms with Crippen LogP contribution in [-0.2, 0) is 18.9 Å². The number of hydrogen-bond acceptors (Lipinski definition) is 14. The first kappa shape index (κ1) is 42.0. The number of fused-ring (bicyclic) bond motifs is 2. The summed E-state index contributed by atoms with van der Waals surface area (Å²) in [7, 11) is 0. The maximum atomic E-state index is 12.6. The monoisotopic (exact) mass is 824 g/mol. The Morgan fingerprint density at radius 3 is 1.19 bits per heavy atom. The van der Waals surface area contributed by atoms with Crippen molar-refractivity contribution in [2.75, 3.05) is 37.9 Å². The third-order valence-electron chi connectivity index (χ3n) is 8.34. The predicted octanol–water partition coefficient (Wildman–Crippen LogP) is 6.92. The van der Waals surface area contributed by atoms with Gasteiger partial charge in [-0.05, 0) is 75.2 Å². The second kappa shape index (κ2) is 18.2. The van der Waals surface area contributed by atoms with Gasteiger partial charge in [-0.15, -0.1) is 0 Å². The Morgan fingerprint density at radius 1 is 0.586 bits per heavy atom. The molecule has 6 aromatic rings. The van der Waals surface area contributed by atoms with Crippen molar-refractivity contribution in [3.8, 4) is 34.4 Å². The van der Waals surface area contributed by atoms with Crippen LogP contribution in [0.3, 0.4) is 0 Å². The summed E-state index contributed by atoms with van der Waals surface area (Å²) < 4.78 is 22.6. The van der Waals surface area contributed by atoms with Crippen LogP contribution in [0.25, 0.3) is 33.3 Å². The topological polar surface area (TPSA) is 239 Å². The molecule has 0 aliphatic carbocycles. The SMILES string of the molecule is CCOC(=O)c1nn2c(N)c(C#N)c(-c3ccc(Cl)cc3)cc2c1C(=O)OCC.CCOC(=O)c1nn2c(N)c(C#N)c(-c3ccc(Cl)cc3)cc2c1C(=O)OCC. The molecule has 58 heavy (non-hydrogen) atoms. The molecule has 296 valence electrons. The molecule has 0 saturated carbocycles. The molecule has 4 heterocycles. The van der Waals surface area contributed by atoms with E-state index in [1.54, 1.807) is 88.4 Å². The molecule has 0 aliphatic rings. The third-order valence-corrected chi connectivity index (χ3v) is 8.85. The molecule has 0 aliphatic heterocycles. The van der Waals surface area contributed by atoms with E-state index in [0.29, 0.717) is 32.3 Å². The highest BCUT2D eigenvalue weighted by molar-refractivity contribution is 6.31. The molecule has 0 fully saturated rings. The second-order valence-electron chi connectivity index (χ2n) is 11.8. The molecule has 0 bridgehead atoms. The molecular formula is C40H34Cl2N8O8. The number of rotatable bonds is 10. The Morgan fingerprint density at radius 2 is 0.897 bits per heavy atom. The van der Waals surface area contributed by atoms with Crippen LogP contribution in [0.15, 0.2) is 60.7 Å². The molecule has 18 heteroatoms. The highest BCUT2D eigenvalue weighted by atomic mass is 35.5. The van der Waals surface area contributed by atoms with E-state index in [1.807, 2.05) is 0 Å². The Balaban J connectivity index is 0.000000221. The Kier molecular flexibility index (Phi) is 13.2. The first-order chi connectivity index (χ1) is 27.8. The molecule has 2 aromatic carbocycles. The van der Waals surface area contributed by atoms with E-state index in [4.69, 9.17) is 53.6 Å². The van der Waals surface area contributed by atoms with E-state index in [0.717, 1.165) is 0 Å². The van der Waals surface area contributed by atoms with Crippen molar-refractivity contribution >= 4 is 69.7 Å². The van der Waals surface area contributed by atoms with Gasteiger partial charge in [0.2, 0.25) is 0 Å². The first-order valence-electron chi connectivity index (χ1n) is 17.6. The number of nitrogens with zero attached hydrogens (tertiary/aromatic N) is 6. The summed E-state index contributed by atoms with van der Waals surface area (Å²) in [6.45, 7) is 6.98. The van der Waals surface area contributed by atoms with Crippen LogP contribution in [0.4, 0.5) is 11.6 Å². The number of ether oxygens (including phenoxy) is 4. The fraction of sp³-hybridized carbons (Fsp3) is 0.200. The van der Waals surface area contributed by atoms with Gasteiger partial charge in [0.25, 0.3) is 0 Å². The summed E-state index contributed by atoms with van der Waals surface area (Å²) in [6.07, 6.45) is 0. The fourth-order valence-corrected chi connectivity index (χ4v) is 6.10. The van der Waals surface area contributed by atoms with Gasteiger partial charge in [-0.3, -0.25) is 0 Å². The number of carbonyl (C=O) groups is 4. The summed E-state index contributed by atoms with van der Waals surface area (Å²) in [6, 6.07) is 20.8. The summed E-state index contributed by atoms with van der Waals surface area (Å²) >= 11 is 11.9. The van der Waals surface area contributed by atoms with Crippen LogP contribution < -0.4 is 11.5 Å². The largest absolute Gasteiger partial charge is 0.462 e. The zero-order valence-corrected chi connectivity index (χ0v) is 33.0. The first-order valence-corrected chi connectivity index (χ1v) is 18.3. The Labute approximate surface area is 341 Å². The summed E-state index contributed by atoms with van der Waals surface area (Å²) in [5.41, 5.74) is 14.8. The highest BCUT2D eigenvalue weighted by Gasteiger charge is 2.31. The standard InChI is InChI=1S/2C20H17ClN4O4/c2*1-3-28-19(26)16-15-9-13(11-5-7-12(21)8-6-11)14(10-22)18(23)25(15)24-17(16)20(27)29-4-2/h2*5-9H,3-4,23H2,1-2H3. The number of carbonyl (C=O) groups excluding carboxylic acids is 4. The number of pyridine rings is 2. The highest BCUT2D eigenvalue weighted by Crippen LogP contribution is 2.34. The number of esters is 4. The quantitative estimate of drug-likeness (QED) is 0.105. The van der Waals surface area contributed by atoms with E-state index in [1.165, 1.54) is 9.03 Å². The van der Waals surface area contributed by atoms with Gasteiger partial charge in [-0.2, -0.15) is 20.7 Å². The van der Waals surface area contributed by atoms with Crippen LogP contribution >= 0.6 is 23.2 Å². The zero-order valence-electron chi connectivity index (χ0n) is 31.5. The molecule has 6 rings (SSSR count). The minimum absolute atomic E-state index is 0.0175. The average Bonchev–Trinajstić information content (AvgIpc) is 3.79. The van der Waals surface area contributed by atoms with E-state index < -0.39 is 23.9 Å². The second-order valence-corrected chi connectivity index (χ2v) is 12.7. The van der Waals surface area contributed by atoms with Gasteiger partial charge in [0.05, 0.1) is 37.5 Å². The number of nitrogens with two attached hydrogens (primary N) is 2. The summed E-state index contributed by atoms with van der Waals surface area (Å²) in [4.78, 5) is 50.0. The average molecular weight is 826 g/mol. The number of anilines is 2. The minimum atomic E-state index is -0.787. The molecule has 0 atom stereocenters. The molecule has 0 saturated heterocycles. The fourth-order valence-electron chi connectivity index (χ4n) is 5.84. The van der Waals surface area contributed by atoms with Gasteiger partial charge in [0.15, 0.2) is 11.4 Å². The van der Waals surface area contributed by atoms with E-state index in [2.05, 4.69) is 22.3 Å². The normalized spacial score (nSPS) is 10.6. The lowest BCUT2D eigenvalue weighted by molar-refractivity contribution is 0.0476. The van der Waals surface area contributed by atoms with Crippen LogP contribution in [0.5, 0.6) is 0 Å². The summed E-state index contributed by atoms with van der Waals surface area (Å²) in [5.74, 6) is -3.09. The van der Waals surface area contributed by atoms with Gasteiger partial charge < -0.3 is 30.4 Å². The third kappa shape index (κ3) is 8.20. The van der Waals surface area contributed by atoms with Crippen molar-refractivity contribution in [1.29, 1.82) is 10.5 Å². The molecule has 4 aromatic heterocycles.